The molecule has 0 saturated carbocycles. The Morgan fingerprint density at radius 2 is 1.82 bits per heavy atom. The lowest BCUT2D eigenvalue weighted by molar-refractivity contribution is -0.139. The van der Waals surface area contributed by atoms with Gasteiger partial charge in [-0.3, -0.25) is 9.36 Å². The van der Waals surface area contributed by atoms with Gasteiger partial charge in [0.05, 0.1) is 35.6 Å². The van der Waals surface area contributed by atoms with Crippen molar-refractivity contribution in [3.05, 3.63) is 90.6 Å². The molecule has 0 spiro atoms. The van der Waals surface area contributed by atoms with E-state index in [1.54, 1.807) is 25.5 Å². The number of allylic oxidation sites excluding steroid dienone is 1. The highest BCUT2D eigenvalue weighted by molar-refractivity contribution is 7.07. The van der Waals surface area contributed by atoms with E-state index in [1.807, 2.05) is 73.6 Å². The first-order valence-electron chi connectivity index (χ1n) is 10.9. The summed E-state index contributed by atoms with van der Waals surface area (Å²) in [5, 5.41) is 0. The van der Waals surface area contributed by atoms with Crippen molar-refractivity contribution in [2.45, 2.75) is 19.9 Å². The minimum Gasteiger partial charge on any atom is -0.497 e. The Balaban J connectivity index is 1.89. The first-order chi connectivity index (χ1) is 16.3. The van der Waals surface area contributed by atoms with Crippen molar-refractivity contribution in [1.82, 2.24) is 4.57 Å². The average molecular weight is 478 g/mol. The van der Waals surface area contributed by atoms with Crippen LogP contribution < -0.4 is 24.5 Å². The van der Waals surface area contributed by atoms with Crippen LogP contribution in [0.2, 0.25) is 0 Å². The lowest BCUT2D eigenvalue weighted by Crippen LogP contribution is -2.39. The lowest BCUT2D eigenvalue weighted by Gasteiger charge is -2.24. The number of hydrogen-bond donors (Lipinski definition) is 0. The first kappa shape index (κ1) is 23.5. The van der Waals surface area contributed by atoms with Crippen molar-refractivity contribution in [3.8, 4) is 5.75 Å². The van der Waals surface area contributed by atoms with Gasteiger partial charge in [0.1, 0.15) is 5.75 Å². The van der Waals surface area contributed by atoms with Crippen LogP contribution in [-0.2, 0) is 9.53 Å². The van der Waals surface area contributed by atoms with Gasteiger partial charge in [-0.05, 0) is 55.3 Å². The predicted molar refractivity (Wildman–Crippen MR) is 134 cm³/mol. The van der Waals surface area contributed by atoms with Gasteiger partial charge < -0.3 is 14.4 Å². The molecule has 8 heteroatoms. The zero-order chi connectivity index (χ0) is 24.4. The van der Waals surface area contributed by atoms with Crippen LogP contribution in [0.25, 0.3) is 6.08 Å². The first-order valence-corrected chi connectivity index (χ1v) is 11.8. The highest BCUT2D eigenvalue weighted by Crippen LogP contribution is 2.31. The van der Waals surface area contributed by atoms with Crippen molar-refractivity contribution < 1.29 is 14.3 Å². The molecule has 4 rings (SSSR count). The average Bonchev–Trinajstić information content (AvgIpc) is 3.13. The molecule has 7 nitrogen and oxygen atoms in total. The summed E-state index contributed by atoms with van der Waals surface area (Å²) in [4.78, 5) is 33.7. The molecule has 2 aromatic carbocycles. The highest BCUT2D eigenvalue weighted by atomic mass is 32.1. The number of hydrogen-bond acceptors (Lipinski definition) is 7. The van der Waals surface area contributed by atoms with Crippen LogP contribution >= 0.6 is 11.3 Å². The van der Waals surface area contributed by atoms with Crippen LogP contribution in [0.1, 0.15) is 31.0 Å². The monoisotopic (exact) mass is 477 g/mol. The molecule has 1 aliphatic rings. The number of methoxy groups -OCH3 is 1. The van der Waals surface area contributed by atoms with E-state index >= 15 is 0 Å². The highest BCUT2D eigenvalue weighted by Gasteiger charge is 2.33. The van der Waals surface area contributed by atoms with Gasteiger partial charge in [0.2, 0.25) is 0 Å². The largest absolute Gasteiger partial charge is 0.497 e. The van der Waals surface area contributed by atoms with E-state index in [1.165, 1.54) is 11.3 Å². The Kier molecular flexibility index (Phi) is 6.70. The molecule has 1 aromatic heterocycles. The normalized spacial score (nSPS) is 15.6. The summed E-state index contributed by atoms with van der Waals surface area (Å²) in [5.74, 6) is 0.217. The smallest absolute Gasteiger partial charge is 0.338 e. The lowest BCUT2D eigenvalue weighted by atomic mass is 9.96. The number of benzene rings is 2. The van der Waals surface area contributed by atoms with Gasteiger partial charge in [-0.1, -0.05) is 35.6 Å². The number of ether oxygens (including phenoxy) is 2. The topological polar surface area (TPSA) is 73.1 Å². The van der Waals surface area contributed by atoms with Crippen LogP contribution in [0, 0.1) is 0 Å². The summed E-state index contributed by atoms with van der Waals surface area (Å²) in [6.45, 7) is 3.77. The summed E-state index contributed by atoms with van der Waals surface area (Å²) >= 11 is 1.31. The molecule has 1 aliphatic heterocycles. The zero-order valence-corrected chi connectivity index (χ0v) is 20.7. The summed E-state index contributed by atoms with van der Waals surface area (Å²) in [5.41, 5.74) is 3.48. The fourth-order valence-electron chi connectivity index (χ4n) is 3.91. The Morgan fingerprint density at radius 3 is 2.41 bits per heavy atom. The fourth-order valence-corrected chi connectivity index (χ4v) is 4.96. The number of rotatable bonds is 6. The second kappa shape index (κ2) is 9.69. The van der Waals surface area contributed by atoms with E-state index in [4.69, 9.17) is 9.47 Å². The molecule has 0 fully saturated rings. The summed E-state index contributed by atoms with van der Waals surface area (Å²) < 4.78 is 12.7. The van der Waals surface area contributed by atoms with Gasteiger partial charge in [0.25, 0.3) is 5.56 Å². The van der Waals surface area contributed by atoms with Crippen molar-refractivity contribution in [3.63, 3.8) is 0 Å². The molecule has 2 heterocycles. The zero-order valence-electron chi connectivity index (χ0n) is 19.9. The number of thiazole rings is 1. The maximum Gasteiger partial charge on any atom is 0.338 e. The fraction of sp³-hybridized carbons (Fsp3) is 0.269. The van der Waals surface area contributed by atoms with Crippen molar-refractivity contribution in [1.29, 1.82) is 0 Å². The Morgan fingerprint density at radius 1 is 1.15 bits per heavy atom. The minimum absolute atomic E-state index is 0.199. The van der Waals surface area contributed by atoms with Gasteiger partial charge >= 0.3 is 5.97 Å². The maximum atomic E-state index is 13.6. The van der Waals surface area contributed by atoms with Crippen molar-refractivity contribution in [2.75, 3.05) is 32.7 Å². The number of anilines is 1. The van der Waals surface area contributed by atoms with E-state index in [0.717, 1.165) is 16.8 Å². The maximum absolute atomic E-state index is 13.6. The molecule has 1 atom stereocenters. The van der Waals surface area contributed by atoms with Crippen LogP contribution in [0.4, 0.5) is 5.69 Å². The molecule has 0 N–H and O–H groups in total. The standard InChI is InChI=1S/C26H27N3O4S/c1-6-33-25(31)22-16(2)27-26-29(23(22)18-9-13-20(32-5)14-10-18)24(30)21(34-26)15-17-7-11-19(12-8-17)28(3)4/h7-15,23H,6H2,1-5H3/b21-15+/t23-/m0/s1. The molecule has 0 unspecified atom stereocenters. The number of nitrogens with zero attached hydrogens (tertiary/aromatic N) is 3. The molecule has 0 saturated heterocycles. The Hall–Kier alpha value is -3.65. The quantitative estimate of drug-likeness (QED) is 0.511. The molecular formula is C26H27N3O4S. The predicted octanol–water partition coefficient (Wildman–Crippen LogP) is 2.87. The number of fused-ring (bicyclic) bond motifs is 1. The van der Waals surface area contributed by atoms with Crippen molar-refractivity contribution >= 4 is 29.1 Å². The van der Waals surface area contributed by atoms with Crippen LogP contribution in [0.15, 0.2) is 69.6 Å². The molecule has 34 heavy (non-hydrogen) atoms. The Bertz CT molecular complexity index is 1410. The second-order valence-electron chi connectivity index (χ2n) is 8.06. The van der Waals surface area contributed by atoms with E-state index in [-0.39, 0.29) is 12.2 Å². The van der Waals surface area contributed by atoms with E-state index in [2.05, 4.69) is 4.99 Å². The van der Waals surface area contributed by atoms with Crippen LogP contribution in [0.3, 0.4) is 0 Å². The molecule has 0 radical (unpaired) electrons. The summed E-state index contributed by atoms with van der Waals surface area (Å²) in [7, 11) is 5.56. The molecule has 176 valence electrons. The van der Waals surface area contributed by atoms with Gasteiger partial charge in [0, 0.05) is 19.8 Å². The molecular weight excluding hydrogens is 450 g/mol. The van der Waals surface area contributed by atoms with E-state index in [0.29, 0.717) is 26.4 Å². The minimum atomic E-state index is -0.639. The van der Waals surface area contributed by atoms with Gasteiger partial charge in [-0.15, -0.1) is 0 Å². The third-order valence-electron chi connectivity index (χ3n) is 5.66. The van der Waals surface area contributed by atoms with E-state index < -0.39 is 12.0 Å². The Labute approximate surface area is 201 Å². The molecule has 0 amide bonds. The molecule has 0 aliphatic carbocycles. The van der Waals surface area contributed by atoms with Crippen molar-refractivity contribution in [2.24, 2.45) is 4.99 Å². The molecule has 3 aromatic rings. The SMILES string of the molecule is CCOC(=O)C1=C(C)N=c2s/c(=C/c3ccc(N(C)C)cc3)c(=O)n2[C@H]1c1ccc(OC)cc1. The van der Waals surface area contributed by atoms with E-state index in [9.17, 15) is 9.59 Å². The number of aromatic nitrogens is 1. The van der Waals surface area contributed by atoms with Crippen LogP contribution in [0.5, 0.6) is 5.75 Å². The second-order valence-corrected chi connectivity index (χ2v) is 9.07. The number of carbonyl (C=O) groups excluding carboxylic acids is 1. The third-order valence-corrected chi connectivity index (χ3v) is 6.64. The van der Waals surface area contributed by atoms with Gasteiger partial charge in [0.15, 0.2) is 4.80 Å². The summed E-state index contributed by atoms with van der Waals surface area (Å²) in [6.07, 6.45) is 1.86. The van der Waals surface area contributed by atoms with Gasteiger partial charge in [-0.25, -0.2) is 9.79 Å². The number of esters is 1. The summed E-state index contributed by atoms with van der Waals surface area (Å²) in [6, 6.07) is 14.7. The molecule has 0 bridgehead atoms. The third kappa shape index (κ3) is 4.41. The number of carbonyl (C=O) groups is 1. The van der Waals surface area contributed by atoms with Gasteiger partial charge in [-0.2, -0.15) is 0 Å². The van der Waals surface area contributed by atoms with Crippen LogP contribution in [-0.4, -0.2) is 38.3 Å².